The van der Waals surface area contributed by atoms with Gasteiger partial charge in [-0.15, -0.1) is 0 Å². The van der Waals surface area contributed by atoms with E-state index in [2.05, 4.69) is 9.97 Å². The highest BCUT2D eigenvalue weighted by molar-refractivity contribution is 5.77. The van der Waals surface area contributed by atoms with Crippen LogP contribution in [0.3, 0.4) is 0 Å². The second-order valence-electron chi connectivity index (χ2n) is 5.04. The number of benzene rings is 2. The molecule has 1 heterocycles. The lowest BCUT2D eigenvalue weighted by atomic mass is 10.2. The number of halogens is 1. The number of H-pyrrole nitrogens is 1. The molecule has 6 heteroatoms. The van der Waals surface area contributed by atoms with E-state index in [-0.39, 0.29) is 17.1 Å². The number of nitrogens with zero attached hydrogens (tertiary/aromatic N) is 1. The summed E-state index contributed by atoms with van der Waals surface area (Å²) in [6, 6.07) is 10.1. The first-order chi connectivity index (χ1) is 11.1. The normalized spacial score (nSPS) is 12.1. The molecule has 0 aliphatic rings. The SMILES string of the molecule is COc1cc(C=O)c(F)cc1OC(C)c1nc2ccccc2[nH]1. The lowest BCUT2D eigenvalue weighted by Gasteiger charge is -2.15. The van der Waals surface area contributed by atoms with Crippen molar-refractivity contribution in [2.75, 3.05) is 7.11 Å². The first-order valence-corrected chi connectivity index (χ1v) is 7.06. The maximum Gasteiger partial charge on any atom is 0.165 e. The van der Waals surface area contributed by atoms with Crippen LogP contribution in [0.25, 0.3) is 11.0 Å². The molecule has 0 fully saturated rings. The van der Waals surface area contributed by atoms with Crippen molar-refractivity contribution in [3.63, 3.8) is 0 Å². The molecule has 3 rings (SSSR count). The van der Waals surface area contributed by atoms with E-state index >= 15 is 0 Å². The third kappa shape index (κ3) is 2.88. The van der Waals surface area contributed by atoms with E-state index in [9.17, 15) is 9.18 Å². The van der Waals surface area contributed by atoms with Crippen molar-refractivity contribution in [2.45, 2.75) is 13.0 Å². The predicted octanol–water partition coefficient (Wildman–Crippen LogP) is 3.66. The van der Waals surface area contributed by atoms with Crippen LogP contribution in [0.2, 0.25) is 0 Å². The molecule has 0 saturated heterocycles. The first kappa shape index (κ1) is 15.0. The van der Waals surface area contributed by atoms with E-state index < -0.39 is 11.9 Å². The van der Waals surface area contributed by atoms with Crippen molar-refractivity contribution in [2.24, 2.45) is 0 Å². The summed E-state index contributed by atoms with van der Waals surface area (Å²) in [5, 5.41) is 0. The second-order valence-corrected chi connectivity index (χ2v) is 5.04. The van der Waals surface area contributed by atoms with Gasteiger partial charge in [-0.1, -0.05) is 12.1 Å². The summed E-state index contributed by atoms with van der Waals surface area (Å²) in [5.41, 5.74) is 1.64. The number of nitrogens with one attached hydrogen (secondary N) is 1. The summed E-state index contributed by atoms with van der Waals surface area (Å²) in [5.74, 6) is 0.459. The number of aromatic amines is 1. The summed E-state index contributed by atoms with van der Waals surface area (Å²) >= 11 is 0. The van der Waals surface area contributed by atoms with E-state index in [0.717, 1.165) is 17.1 Å². The second kappa shape index (κ2) is 6.08. The molecule has 0 radical (unpaired) electrons. The minimum Gasteiger partial charge on any atom is -0.493 e. The number of fused-ring (bicyclic) bond motifs is 1. The van der Waals surface area contributed by atoms with Crippen LogP contribution in [0.1, 0.15) is 29.2 Å². The highest BCUT2D eigenvalue weighted by Gasteiger charge is 2.17. The Morgan fingerprint density at radius 3 is 2.74 bits per heavy atom. The van der Waals surface area contributed by atoms with Gasteiger partial charge >= 0.3 is 0 Å². The van der Waals surface area contributed by atoms with Gasteiger partial charge in [0.25, 0.3) is 0 Å². The minimum absolute atomic E-state index is 0.0782. The monoisotopic (exact) mass is 314 g/mol. The standard InChI is InChI=1S/C17H15FN2O3/c1-10(17-19-13-5-3-4-6-14(13)20-17)23-16-8-12(18)11(9-21)7-15(16)22-2/h3-10H,1-2H3,(H,19,20). The van der Waals surface area contributed by atoms with Crippen LogP contribution in [0.5, 0.6) is 11.5 Å². The molecule has 23 heavy (non-hydrogen) atoms. The lowest BCUT2D eigenvalue weighted by Crippen LogP contribution is -2.07. The Labute approximate surface area is 132 Å². The quantitative estimate of drug-likeness (QED) is 0.730. The molecule has 0 amide bonds. The summed E-state index contributed by atoms with van der Waals surface area (Å²) < 4.78 is 24.7. The van der Waals surface area contributed by atoms with E-state index in [1.54, 1.807) is 6.92 Å². The third-order valence-corrected chi connectivity index (χ3v) is 3.51. The highest BCUT2D eigenvalue weighted by atomic mass is 19.1. The number of carbonyl (C=O) groups excluding carboxylic acids is 1. The van der Waals surface area contributed by atoms with Crippen LogP contribution in [-0.4, -0.2) is 23.4 Å². The molecule has 0 bridgehead atoms. The molecular formula is C17H15FN2O3. The van der Waals surface area contributed by atoms with Crippen molar-refractivity contribution in [3.8, 4) is 11.5 Å². The van der Waals surface area contributed by atoms with Crippen molar-refractivity contribution in [1.82, 2.24) is 9.97 Å². The van der Waals surface area contributed by atoms with Gasteiger partial charge in [-0.2, -0.15) is 0 Å². The molecule has 1 atom stereocenters. The Kier molecular flexibility index (Phi) is 3.97. The zero-order valence-corrected chi connectivity index (χ0v) is 12.7. The maximum absolute atomic E-state index is 13.8. The number of carbonyl (C=O) groups is 1. The topological polar surface area (TPSA) is 64.2 Å². The number of hydrogen-bond acceptors (Lipinski definition) is 4. The van der Waals surface area contributed by atoms with E-state index in [4.69, 9.17) is 9.47 Å². The van der Waals surface area contributed by atoms with Crippen LogP contribution in [0.4, 0.5) is 4.39 Å². The fourth-order valence-corrected chi connectivity index (χ4v) is 2.30. The summed E-state index contributed by atoms with van der Waals surface area (Å²) in [4.78, 5) is 18.4. The van der Waals surface area contributed by atoms with Gasteiger partial charge in [0.2, 0.25) is 0 Å². The molecule has 0 saturated carbocycles. The molecule has 5 nitrogen and oxygen atoms in total. The van der Waals surface area contributed by atoms with Gasteiger partial charge in [0, 0.05) is 6.07 Å². The molecule has 118 valence electrons. The van der Waals surface area contributed by atoms with E-state index in [1.165, 1.54) is 13.2 Å². The Morgan fingerprint density at radius 1 is 1.26 bits per heavy atom. The molecule has 3 aromatic rings. The first-order valence-electron chi connectivity index (χ1n) is 7.06. The Morgan fingerprint density at radius 2 is 2.04 bits per heavy atom. The number of aldehydes is 1. The Balaban J connectivity index is 1.91. The number of aromatic nitrogens is 2. The zero-order valence-electron chi connectivity index (χ0n) is 12.7. The zero-order chi connectivity index (χ0) is 16.4. The van der Waals surface area contributed by atoms with Crippen LogP contribution in [0, 0.1) is 5.82 Å². The molecule has 1 aromatic heterocycles. The number of imidazole rings is 1. The van der Waals surface area contributed by atoms with Gasteiger partial charge in [0.15, 0.2) is 23.9 Å². The van der Waals surface area contributed by atoms with Crippen LogP contribution < -0.4 is 9.47 Å². The minimum atomic E-state index is -0.660. The number of para-hydroxylation sites is 2. The van der Waals surface area contributed by atoms with Gasteiger partial charge in [0.05, 0.1) is 23.7 Å². The highest BCUT2D eigenvalue weighted by Crippen LogP contribution is 2.33. The van der Waals surface area contributed by atoms with Crippen molar-refractivity contribution < 1.29 is 18.7 Å². The number of methoxy groups -OCH3 is 1. The molecule has 0 aliphatic heterocycles. The molecule has 1 unspecified atom stereocenters. The molecule has 0 aliphatic carbocycles. The molecule has 2 aromatic carbocycles. The summed E-state index contributed by atoms with van der Waals surface area (Å²) in [6.45, 7) is 1.79. The van der Waals surface area contributed by atoms with Crippen molar-refractivity contribution >= 4 is 17.3 Å². The van der Waals surface area contributed by atoms with Crippen LogP contribution >= 0.6 is 0 Å². The molecule has 0 spiro atoms. The lowest BCUT2D eigenvalue weighted by molar-refractivity contribution is 0.111. The van der Waals surface area contributed by atoms with Gasteiger partial charge in [0.1, 0.15) is 11.6 Å². The van der Waals surface area contributed by atoms with Gasteiger partial charge in [-0.25, -0.2) is 9.37 Å². The Hall–Kier alpha value is -2.89. The fourth-order valence-electron chi connectivity index (χ4n) is 2.30. The molecular weight excluding hydrogens is 299 g/mol. The largest absolute Gasteiger partial charge is 0.493 e. The predicted molar refractivity (Wildman–Crippen MR) is 83.5 cm³/mol. The van der Waals surface area contributed by atoms with Gasteiger partial charge in [-0.05, 0) is 25.1 Å². The molecule has 1 N–H and O–H groups in total. The number of ether oxygens (including phenoxy) is 2. The number of hydrogen-bond donors (Lipinski definition) is 1. The summed E-state index contributed by atoms with van der Waals surface area (Å²) in [7, 11) is 1.43. The van der Waals surface area contributed by atoms with Crippen LogP contribution in [-0.2, 0) is 0 Å². The van der Waals surface area contributed by atoms with Gasteiger partial charge in [-0.3, -0.25) is 4.79 Å². The van der Waals surface area contributed by atoms with Crippen LogP contribution in [0.15, 0.2) is 36.4 Å². The van der Waals surface area contributed by atoms with E-state index in [0.29, 0.717) is 12.1 Å². The maximum atomic E-state index is 13.8. The Bertz CT molecular complexity index is 827. The smallest absolute Gasteiger partial charge is 0.165 e. The average molecular weight is 314 g/mol. The van der Waals surface area contributed by atoms with E-state index in [1.807, 2.05) is 24.3 Å². The summed E-state index contributed by atoms with van der Waals surface area (Å²) in [6.07, 6.45) is -0.0117. The third-order valence-electron chi connectivity index (χ3n) is 3.51. The average Bonchev–Trinajstić information content (AvgIpc) is 2.99. The van der Waals surface area contributed by atoms with Crippen molar-refractivity contribution in [3.05, 3.63) is 53.6 Å². The fraction of sp³-hybridized carbons (Fsp3) is 0.176. The number of rotatable bonds is 5. The van der Waals surface area contributed by atoms with Crippen molar-refractivity contribution in [1.29, 1.82) is 0 Å². The van der Waals surface area contributed by atoms with Gasteiger partial charge < -0.3 is 14.5 Å².